The molecule has 2 rings (SSSR count). The van der Waals surface area contributed by atoms with Crippen LogP contribution in [0, 0.1) is 18.6 Å². The number of aromatic carboxylic acids is 1. The lowest BCUT2D eigenvalue weighted by atomic mass is 10.1. The SMILES string of the molecule is Cc1cccc(C(=O)O)c1NC(=O)c1ccc(F)c(F)c1. The fraction of sp³-hybridized carbons (Fsp3) is 0.0667. The van der Waals surface area contributed by atoms with Crippen LogP contribution >= 0.6 is 0 Å². The summed E-state index contributed by atoms with van der Waals surface area (Å²) in [6.45, 7) is 1.63. The summed E-state index contributed by atoms with van der Waals surface area (Å²) in [4.78, 5) is 23.1. The Morgan fingerprint density at radius 3 is 2.43 bits per heavy atom. The van der Waals surface area contributed by atoms with Gasteiger partial charge in [-0.05, 0) is 36.8 Å². The van der Waals surface area contributed by atoms with E-state index in [-0.39, 0.29) is 16.8 Å². The first-order valence-electron chi connectivity index (χ1n) is 5.99. The molecule has 2 aromatic rings. The van der Waals surface area contributed by atoms with Crippen LogP contribution in [0.5, 0.6) is 0 Å². The van der Waals surface area contributed by atoms with E-state index in [0.717, 1.165) is 18.2 Å². The first-order valence-corrected chi connectivity index (χ1v) is 5.99. The molecule has 108 valence electrons. The molecule has 0 saturated carbocycles. The van der Waals surface area contributed by atoms with Crippen LogP contribution in [0.15, 0.2) is 36.4 Å². The van der Waals surface area contributed by atoms with Gasteiger partial charge in [-0.2, -0.15) is 0 Å². The van der Waals surface area contributed by atoms with Crippen LogP contribution < -0.4 is 5.32 Å². The number of halogens is 2. The van der Waals surface area contributed by atoms with Crippen molar-refractivity contribution in [3.05, 3.63) is 64.7 Å². The fourth-order valence-electron chi connectivity index (χ4n) is 1.83. The van der Waals surface area contributed by atoms with Crippen molar-refractivity contribution in [3.63, 3.8) is 0 Å². The van der Waals surface area contributed by atoms with Crippen LogP contribution in [0.2, 0.25) is 0 Å². The van der Waals surface area contributed by atoms with Gasteiger partial charge in [0.25, 0.3) is 5.91 Å². The molecule has 1 amide bonds. The molecule has 0 spiro atoms. The van der Waals surface area contributed by atoms with Crippen LogP contribution in [-0.2, 0) is 0 Å². The van der Waals surface area contributed by atoms with E-state index < -0.39 is 23.5 Å². The predicted molar refractivity (Wildman–Crippen MR) is 72.4 cm³/mol. The highest BCUT2D eigenvalue weighted by Gasteiger charge is 2.16. The van der Waals surface area contributed by atoms with Gasteiger partial charge in [0.05, 0.1) is 11.3 Å². The average Bonchev–Trinajstić information content (AvgIpc) is 2.43. The molecule has 0 radical (unpaired) electrons. The maximum Gasteiger partial charge on any atom is 0.337 e. The topological polar surface area (TPSA) is 66.4 Å². The number of hydrogen-bond donors (Lipinski definition) is 2. The standard InChI is InChI=1S/C15H11F2NO3/c1-8-3-2-4-10(15(20)21)13(8)18-14(19)9-5-6-11(16)12(17)7-9/h2-7H,1H3,(H,18,19)(H,20,21). The molecule has 0 fully saturated rings. The van der Waals surface area contributed by atoms with Crippen molar-refractivity contribution in [2.45, 2.75) is 6.92 Å². The Labute approximate surface area is 119 Å². The zero-order valence-electron chi connectivity index (χ0n) is 11.0. The lowest BCUT2D eigenvalue weighted by molar-refractivity contribution is 0.0698. The molecule has 0 heterocycles. The number of carbonyl (C=O) groups is 2. The van der Waals surface area contributed by atoms with Crippen LogP contribution in [0.1, 0.15) is 26.3 Å². The summed E-state index contributed by atoms with van der Waals surface area (Å²) in [5.41, 5.74) is 0.491. The highest BCUT2D eigenvalue weighted by atomic mass is 19.2. The molecule has 4 nitrogen and oxygen atoms in total. The number of para-hydroxylation sites is 1. The molecule has 0 bridgehead atoms. The summed E-state index contributed by atoms with van der Waals surface area (Å²) in [7, 11) is 0. The van der Waals surface area contributed by atoms with Crippen LogP contribution in [0.3, 0.4) is 0 Å². The van der Waals surface area contributed by atoms with Crippen molar-refractivity contribution in [1.29, 1.82) is 0 Å². The van der Waals surface area contributed by atoms with E-state index in [4.69, 9.17) is 5.11 Å². The number of hydrogen-bond acceptors (Lipinski definition) is 2. The number of anilines is 1. The summed E-state index contributed by atoms with van der Waals surface area (Å²) in [6.07, 6.45) is 0. The smallest absolute Gasteiger partial charge is 0.337 e. The Morgan fingerprint density at radius 1 is 1.10 bits per heavy atom. The second kappa shape index (κ2) is 5.70. The second-order valence-electron chi connectivity index (χ2n) is 4.39. The highest BCUT2D eigenvalue weighted by Crippen LogP contribution is 2.21. The zero-order valence-corrected chi connectivity index (χ0v) is 11.0. The summed E-state index contributed by atoms with van der Waals surface area (Å²) >= 11 is 0. The fourth-order valence-corrected chi connectivity index (χ4v) is 1.83. The normalized spacial score (nSPS) is 10.2. The molecule has 0 aliphatic rings. The second-order valence-corrected chi connectivity index (χ2v) is 4.39. The third-order valence-electron chi connectivity index (χ3n) is 2.92. The van der Waals surface area contributed by atoms with Gasteiger partial charge < -0.3 is 10.4 Å². The van der Waals surface area contributed by atoms with Gasteiger partial charge in [-0.3, -0.25) is 4.79 Å². The van der Waals surface area contributed by atoms with E-state index in [1.165, 1.54) is 6.07 Å². The number of carboxylic acids is 1. The largest absolute Gasteiger partial charge is 0.478 e. The minimum Gasteiger partial charge on any atom is -0.478 e. The van der Waals surface area contributed by atoms with Gasteiger partial charge in [-0.15, -0.1) is 0 Å². The molecular formula is C15H11F2NO3. The lowest BCUT2D eigenvalue weighted by Gasteiger charge is -2.11. The number of benzene rings is 2. The van der Waals surface area contributed by atoms with E-state index in [0.29, 0.717) is 5.56 Å². The van der Waals surface area contributed by atoms with Gasteiger partial charge in [0, 0.05) is 5.56 Å². The zero-order chi connectivity index (χ0) is 15.6. The molecule has 0 aromatic heterocycles. The lowest BCUT2D eigenvalue weighted by Crippen LogP contribution is -2.16. The number of carboxylic acid groups (broad SMARTS) is 1. The van der Waals surface area contributed by atoms with Gasteiger partial charge >= 0.3 is 5.97 Å². The number of rotatable bonds is 3. The molecule has 0 unspecified atom stereocenters. The Balaban J connectivity index is 2.36. The summed E-state index contributed by atoms with van der Waals surface area (Å²) in [5, 5.41) is 11.5. The summed E-state index contributed by atoms with van der Waals surface area (Å²) in [5.74, 6) is -4.12. The molecule has 0 aliphatic heterocycles. The average molecular weight is 291 g/mol. The van der Waals surface area contributed by atoms with E-state index in [1.54, 1.807) is 19.1 Å². The molecule has 21 heavy (non-hydrogen) atoms. The molecule has 0 atom stereocenters. The minimum absolute atomic E-state index is 0.0778. The Hall–Kier alpha value is -2.76. The Bertz CT molecular complexity index is 729. The molecular weight excluding hydrogens is 280 g/mol. The molecule has 0 saturated heterocycles. The summed E-state index contributed by atoms with van der Waals surface area (Å²) < 4.78 is 26.0. The maximum atomic E-state index is 13.1. The first-order chi connectivity index (χ1) is 9.90. The van der Waals surface area contributed by atoms with Gasteiger partial charge in [0.1, 0.15) is 0 Å². The van der Waals surface area contributed by atoms with Crippen molar-refractivity contribution >= 4 is 17.6 Å². The Kier molecular flexibility index (Phi) is 3.98. The van der Waals surface area contributed by atoms with Gasteiger partial charge in [-0.25, -0.2) is 13.6 Å². The van der Waals surface area contributed by atoms with E-state index in [9.17, 15) is 18.4 Å². The number of amides is 1. The Morgan fingerprint density at radius 2 is 1.81 bits per heavy atom. The molecule has 2 aromatic carbocycles. The van der Waals surface area contributed by atoms with Crippen molar-refractivity contribution in [2.75, 3.05) is 5.32 Å². The summed E-state index contributed by atoms with van der Waals surface area (Å²) in [6, 6.07) is 7.23. The molecule has 6 heteroatoms. The van der Waals surface area contributed by atoms with Crippen molar-refractivity contribution in [1.82, 2.24) is 0 Å². The van der Waals surface area contributed by atoms with E-state index in [1.807, 2.05) is 0 Å². The van der Waals surface area contributed by atoms with Crippen LogP contribution in [0.4, 0.5) is 14.5 Å². The monoisotopic (exact) mass is 291 g/mol. The quantitative estimate of drug-likeness (QED) is 0.912. The third kappa shape index (κ3) is 3.05. The van der Waals surface area contributed by atoms with Gasteiger partial charge in [0.15, 0.2) is 11.6 Å². The maximum absolute atomic E-state index is 13.1. The third-order valence-corrected chi connectivity index (χ3v) is 2.92. The highest BCUT2D eigenvalue weighted by molar-refractivity contribution is 6.08. The van der Waals surface area contributed by atoms with Crippen LogP contribution in [-0.4, -0.2) is 17.0 Å². The van der Waals surface area contributed by atoms with Crippen LogP contribution in [0.25, 0.3) is 0 Å². The number of nitrogens with one attached hydrogen (secondary N) is 1. The molecule has 0 aliphatic carbocycles. The van der Waals surface area contributed by atoms with Gasteiger partial charge in [-0.1, -0.05) is 12.1 Å². The number of carbonyl (C=O) groups excluding carboxylic acids is 1. The van der Waals surface area contributed by atoms with E-state index >= 15 is 0 Å². The minimum atomic E-state index is -1.20. The van der Waals surface area contributed by atoms with Crippen molar-refractivity contribution < 1.29 is 23.5 Å². The van der Waals surface area contributed by atoms with Crippen molar-refractivity contribution in [2.24, 2.45) is 0 Å². The first kappa shape index (κ1) is 14.6. The van der Waals surface area contributed by atoms with Crippen molar-refractivity contribution in [3.8, 4) is 0 Å². The van der Waals surface area contributed by atoms with E-state index in [2.05, 4.69) is 5.32 Å². The van der Waals surface area contributed by atoms with Gasteiger partial charge in [0.2, 0.25) is 0 Å². The molecule has 2 N–H and O–H groups in total. The number of aryl methyl sites for hydroxylation is 1. The predicted octanol–water partition coefficient (Wildman–Crippen LogP) is 3.22.